The van der Waals surface area contributed by atoms with E-state index in [0.29, 0.717) is 0 Å². The molecule has 0 aliphatic rings. The molecule has 10 rings (SSSR count). The number of nitrogens with zero attached hydrogens (tertiary/aromatic N) is 3. The summed E-state index contributed by atoms with van der Waals surface area (Å²) < 4.78 is 8.85. The van der Waals surface area contributed by atoms with Crippen LogP contribution in [0.5, 0.6) is 0 Å². The SMILES string of the molecule is CC(C)(C)c1ccnc(-c2[c-]cc3c(c2)c2cccc4c5ccc6c7ccccc7oc6c5n3c24)c1.[Ir].[c-]1ccccc1-c1ccccn1. The smallest absolute Gasteiger partial charge is 0.159 e. The van der Waals surface area contributed by atoms with Crippen molar-refractivity contribution in [2.45, 2.75) is 26.2 Å². The summed E-state index contributed by atoms with van der Waals surface area (Å²) in [4.78, 5) is 8.91. The van der Waals surface area contributed by atoms with E-state index in [-0.39, 0.29) is 25.5 Å². The van der Waals surface area contributed by atoms with E-state index in [1.807, 2.05) is 60.8 Å². The average molecular weight is 810 g/mol. The van der Waals surface area contributed by atoms with E-state index < -0.39 is 0 Å². The molecule has 4 nitrogen and oxygen atoms in total. The molecule has 10 aromatic rings. The van der Waals surface area contributed by atoms with Gasteiger partial charge in [0.2, 0.25) is 0 Å². The molecule has 5 aromatic heterocycles. The van der Waals surface area contributed by atoms with Gasteiger partial charge in [0.05, 0.1) is 11.0 Å². The number of furan rings is 1. The van der Waals surface area contributed by atoms with Crippen LogP contribution in [0.2, 0.25) is 0 Å². The van der Waals surface area contributed by atoms with Gasteiger partial charge in [-0.2, -0.15) is 0 Å². The Morgan fingerprint density at radius 3 is 2.12 bits per heavy atom. The molecule has 49 heavy (non-hydrogen) atoms. The third kappa shape index (κ3) is 5.09. The van der Waals surface area contributed by atoms with Gasteiger partial charge in [-0.05, 0) is 57.5 Å². The zero-order chi connectivity index (χ0) is 32.4. The van der Waals surface area contributed by atoms with E-state index in [4.69, 9.17) is 9.40 Å². The van der Waals surface area contributed by atoms with E-state index in [2.05, 4.69) is 109 Å². The molecule has 5 heterocycles. The average Bonchev–Trinajstić information content (AvgIpc) is 3.79. The molecule has 0 aliphatic heterocycles. The first-order chi connectivity index (χ1) is 23.5. The number of hydrogen-bond acceptors (Lipinski definition) is 3. The van der Waals surface area contributed by atoms with Crippen LogP contribution >= 0.6 is 0 Å². The Hall–Kier alpha value is -5.35. The number of benzene rings is 5. The van der Waals surface area contributed by atoms with Crippen LogP contribution in [-0.2, 0) is 25.5 Å². The molecule has 0 unspecified atom stereocenters. The second-order valence-corrected chi connectivity index (χ2v) is 13.3. The summed E-state index contributed by atoms with van der Waals surface area (Å²) in [5, 5.41) is 7.21. The summed E-state index contributed by atoms with van der Waals surface area (Å²) in [5.41, 5.74) is 10.7. The molecular formula is C44H31IrN3O-2. The van der Waals surface area contributed by atoms with Crippen LogP contribution in [0.1, 0.15) is 26.3 Å². The summed E-state index contributed by atoms with van der Waals surface area (Å²) in [7, 11) is 0. The molecule has 1 radical (unpaired) electrons. The predicted molar refractivity (Wildman–Crippen MR) is 198 cm³/mol. The van der Waals surface area contributed by atoms with Crippen LogP contribution < -0.4 is 0 Å². The largest absolute Gasteiger partial charge is 0.454 e. The summed E-state index contributed by atoms with van der Waals surface area (Å²) >= 11 is 0. The fourth-order valence-corrected chi connectivity index (χ4v) is 6.94. The van der Waals surface area contributed by atoms with Gasteiger partial charge in [-0.15, -0.1) is 59.7 Å². The minimum atomic E-state index is 0. The van der Waals surface area contributed by atoms with Crippen LogP contribution in [0, 0.1) is 12.1 Å². The van der Waals surface area contributed by atoms with Crippen molar-refractivity contribution >= 4 is 60.0 Å². The van der Waals surface area contributed by atoms with Crippen molar-refractivity contribution in [3.05, 3.63) is 151 Å². The molecule has 0 saturated carbocycles. The number of para-hydroxylation sites is 2. The molecule has 0 amide bonds. The Bertz CT molecular complexity index is 2720. The molecule has 5 heteroatoms. The Morgan fingerprint density at radius 1 is 0.592 bits per heavy atom. The molecule has 5 aromatic carbocycles. The first kappa shape index (κ1) is 30.9. The normalized spacial score (nSPS) is 11.8. The zero-order valence-electron chi connectivity index (χ0n) is 27.3. The van der Waals surface area contributed by atoms with Crippen LogP contribution in [0.25, 0.3) is 82.5 Å². The van der Waals surface area contributed by atoms with E-state index in [9.17, 15) is 0 Å². The Kier molecular flexibility index (Phi) is 7.55. The number of rotatable bonds is 2. The standard InChI is InChI=1S/C33H23N2O.C11H8N.Ir/c1-33(2,3)20-15-16-34-27(18-20)19-11-14-28-26(17-19)23-9-6-8-22-24-12-13-25-21-7-4-5-10-29(21)36-32(25)31(24)35(28)30(22)23;1-2-6-10(7-3-1)11-8-4-5-9-12-11;/h4-10,12-18H,1-3H3;1-6,8-9H;/q2*-1;. The zero-order valence-corrected chi connectivity index (χ0v) is 29.7. The molecule has 0 spiro atoms. The van der Waals surface area contributed by atoms with Crippen molar-refractivity contribution in [2.75, 3.05) is 0 Å². The van der Waals surface area contributed by atoms with Crippen LogP contribution in [-0.4, -0.2) is 14.4 Å². The fraction of sp³-hybridized carbons (Fsp3) is 0.0909. The maximum absolute atomic E-state index is 6.47. The van der Waals surface area contributed by atoms with Gasteiger partial charge in [0.15, 0.2) is 5.58 Å². The van der Waals surface area contributed by atoms with Crippen molar-refractivity contribution in [3.63, 3.8) is 0 Å². The number of pyridine rings is 2. The van der Waals surface area contributed by atoms with Gasteiger partial charge in [-0.25, -0.2) is 0 Å². The number of fused-ring (bicyclic) bond motifs is 10. The molecule has 0 fully saturated rings. The van der Waals surface area contributed by atoms with Crippen molar-refractivity contribution < 1.29 is 24.5 Å². The maximum Gasteiger partial charge on any atom is 0.159 e. The third-order valence-electron chi connectivity index (χ3n) is 9.31. The molecule has 0 bridgehead atoms. The van der Waals surface area contributed by atoms with E-state index in [1.165, 1.54) is 32.6 Å². The van der Waals surface area contributed by atoms with Crippen molar-refractivity contribution in [1.82, 2.24) is 14.4 Å². The Morgan fingerprint density at radius 2 is 1.33 bits per heavy atom. The first-order valence-corrected chi connectivity index (χ1v) is 16.2. The minimum absolute atomic E-state index is 0. The Labute approximate surface area is 297 Å². The van der Waals surface area contributed by atoms with Gasteiger partial charge in [-0.3, -0.25) is 0 Å². The summed E-state index contributed by atoms with van der Waals surface area (Å²) in [6, 6.07) is 48.4. The van der Waals surface area contributed by atoms with Gasteiger partial charge < -0.3 is 18.8 Å². The van der Waals surface area contributed by atoms with Gasteiger partial charge in [0, 0.05) is 54.0 Å². The predicted octanol–water partition coefficient (Wildman–Crippen LogP) is 11.4. The van der Waals surface area contributed by atoms with E-state index in [0.717, 1.165) is 55.5 Å². The van der Waals surface area contributed by atoms with Gasteiger partial charge >= 0.3 is 0 Å². The van der Waals surface area contributed by atoms with Crippen molar-refractivity contribution in [2.24, 2.45) is 0 Å². The molecule has 0 atom stereocenters. The van der Waals surface area contributed by atoms with Gasteiger partial charge in [0.1, 0.15) is 5.58 Å². The Balaban J connectivity index is 0.000000228. The van der Waals surface area contributed by atoms with E-state index >= 15 is 0 Å². The first-order valence-electron chi connectivity index (χ1n) is 16.2. The van der Waals surface area contributed by atoms with E-state index in [1.54, 1.807) is 6.20 Å². The van der Waals surface area contributed by atoms with Crippen LogP contribution in [0.4, 0.5) is 0 Å². The second kappa shape index (κ2) is 12.0. The quantitative estimate of drug-likeness (QED) is 0.163. The van der Waals surface area contributed by atoms with Crippen molar-refractivity contribution in [3.8, 4) is 22.5 Å². The topological polar surface area (TPSA) is 43.3 Å². The monoisotopic (exact) mass is 810 g/mol. The van der Waals surface area contributed by atoms with Crippen molar-refractivity contribution in [1.29, 1.82) is 0 Å². The summed E-state index contributed by atoms with van der Waals surface area (Å²) in [6.45, 7) is 6.70. The number of hydrogen-bond donors (Lipinski definition) is 0. The van der Waals surface area contributed by atoms with Gasteiger partial charge in [-0.1, -0.05) is 86.8 Å². The molecular weight excluding hydrogens is 779 g/mol. The van der Waals surface area contributed by atoms with Gasteiger partial charge in [0.25, 0.3) is 0 Å². The molecule has 0 aliphatic carbocycles. The van der Waals surface area contributed by atoms with Crippen LogP contribution in [0.15, 0.2) is 138 Å². The molecule has 0 saturated heterocycles. The maximum atomic E-state index is 6.47. The fourth-order valence-electron chi connectivity index (χ4n) is 6.94. The second-order valence-electron chi connectivity index (χ2n) is 13.3. The molecule has 0 N–H and O–H groups in total. The summed E-state index contributed by atoms with van der Waals surface area (Å²) in [6.07, 6.45) is 3.70. The summed E-state index contributed by atoms with van der Waals surface area (Å²) in [5.74, 6) is 0. The minimum Gasteiger partial charge on any atom is -0.454 e. The molecule has 239 valence electrons. The third-order valence-corrected chi connectivity index (χ3v) is 9.31. The number of aromatic nitrogens is 3. The van der Waals surface area contributed by atoms with Crippen LogP contribution in [0.3, 0.4) is 0 Å².